The fourth-order valence-electron chi connectivity index (χ4n) is 3.22. The number of esters is 1. The van der Waals surface area contributed by atoms with Crippen molar-refractivity contribution in [1.29, 1.82) is 0 Å². The zero-order valence-electron chi connectivity index (χ0n) is 15.0. The van der Waals surface area contributed by atoms with E-state index in [1.807, 2.05) is 18.2 Å². The molecule has 132 valence electrons. The second-order valence-corrected chi connectivity index (χ2v) is 8.01. The first-order valence-corrected chi connectivity index (χ1v) is 9.75. The van der Waals surface area contributed by atoms with Gasteiger partial charge in [-0.2, -0.15) is 0 Å². The van der Waals surface area contributed by atoms with E-state index in [1.165, 1.54) is 33.8 Å². The van der Waals surface area contributed by atoms with Gasteiger partial charge in [-0.05, 0) is 55.7 Å². The molecule has 0 saturated carbocycles. The molecule has 1 aliphatic rings. The Morgan fingerprint density at radius 3 is 2.68 bits per heavy atom. The molecule has 0 bridgehead atoms. The molecule has 0 N–H and O–H groups in total. The first-order chi connectivity index (χ1) is 12.0. The smallest absolute Gasteiger partial charge is 0.349 e. The number of Topliss-reactive ketones (excluding diaryl/α,β-unsaturated/α-hetero) is 1. The largest absolute Gasteiger partial charge is 0.450 e. The van der Waals surface area contributed by atoms with Gasteiger partial charge in [0.15, 0.2) is 6.10 Å². The van der Waals surface area contributed by atoms with E-state index in [2.05, 4.69) is 13.8 Å². The summed E-state index contributed by atoms with van der Waals surface area (Å²) in [5, 5.41) is 0. The molecule has 2 atom stereocenters. The van der Waals surface area contributed by atoms with Crippen molar-refractivity contribution < 1.29 is 14.3 Å². The molecule has 1 aromatic heterocycles. The predicted molar refractivity (Wildman–Crippen MR) is 101 cm³/mol. The normalized spacial score (nSPS) is 17.6. The van der Waals surface area contributed by atoms with Crippen LogP contribution in [0.4, 0.5) is 0 Å². The Bertz CT molecular complexity index is 773. The van der Waals surface area contributed by atoms with E-state index < -0.39 is 12.1 Å². The summed E-state index contributed by atoms with van der Waals surface area (Å²) in [6, 6.07) is 9.44. The highest BCUT2D eigenvalue weighted by molar-refractivity contribution is 7.14. The van der Waals surface area contributed by atoms with Crippen molar-refractivity contribution in [1.82, 2.24) is 0 Å². The van der Waals surface area contributed by atoms with Crippen molar-refractivity contribution >= 4 is 23.1 Å². The molecule has 4 heteroatoms. The third kappa shape index (κ3) is 4.01. The number of benzene rings is 1. The van der Waals surface area contributed by atoms with E-state index in [9.17, 15) is 9.59 Å². The van der Waals surface area contributed by atoms with Crippen LogP contribution in [0.15, 0.2) is 30.3 Å². The van der Waals surface area contributed by atoms with E-state index in [1.54, 1.807) is 19.1 Å². The Morgan fingerprint density at radius 1 is 1.28 bits per heavy atom. The number of ketones is 1. The molecule has 25 heavy (non-hydrogen) atoms. The minimum atomic E-state index is -0.780. The Hall–Kier alpha value is -1.94. The van der Waals surface area contributed by atoms with Crippen LogP contribution in [0.25, 0.3) is 0 Å². The van der Waals surface area contributed by atoms with Gasteiger partial charge in [-0.15, -0.1) is 11.3 Å². The maximum Gasteiger partial charge on any atom is 0.349 e. The van der Waals surface area contributed by atoms with E-state index >= 15 is 0 Å². The molecule has 0 unspecified atom stereocenters. The van der Waals surface area contributed by atoms with Crippen LogP contribution in [0.5, 0.6) is 0 Å². The lowest BCUT2D eigenvalue weighted by Crippen LogP contribution is -2.24. The summed E-state index contributed by atoms with van der Waals surface area (Å²) in [7, 11) is 0. The number of aryl methyl sites for hydroxylation is 2. The van der Waals surface area contributed by atoms with Crippen molar-refractivity contribution in [2.24, 2.45) is 5.92 Å². The third-order valence-electron chi connectivity index (χ3n) is 4.83. The molecule has 0 saturated heterocycles. The SMILES string of the molecule is CCc1ccc(C(=O)[C@H](C)OC(=O)c2cc3c(s2)CC[C@@H](C)C3)cc1. The van der Waals surface area contributed by atoms with Crippen molar-refractivity contribution in [2.75, 3.05) is 0 Å². The monoisotopic (exact) mass is 356 g/mol. The van der Waals surface area contributed by atoms with Crippen molar-refractivity contribution in [3.8, 4) is 0 Å². The Labute approximate surface area is 153 Å². The molecule has 0 radical (unpaired) electrons. The van der Waals surface area contributed by atoms with E-state index in [4.69, 9.17) is 4.74 Å². The number of rotatable bonds is 5. The summed E-state index contributed by atoms with van der Waals surface area (Å²) >= 11 is 1.51. The van der Waals surface area contributed by atoms with Gasteiger partial charge in [0.05, 0.1) is 0 Å². The van der Waals surface area contributed by atoms with E-state index in [0.29, 0.717) is 16.4 Å². The summed E-state index contributed by atoms with van der Waals surface area (Å²) in [6.07, 6.45) is 3.38. The molecule has 2 aromatic rings. The molecule has 0 amide bonds. The lowest BCUT2D eigenvalue weighted by atomic mass is 9.90. The van der Waals surface area contributed by atoms with Crippen LogP contribution in [0.1, 0.15) is 63.2 Å². The molecule has 0 spiro atoms. The number of ether oxygens (including phenoxy) is 1. The van der Waals surface area contributed by atoms with Gasteiger partial charge in [0, 0.05) is 10.4 Å². The number of thiophene rings is 1. The zero-order valence-corrected chi connectivity index (χ0v) is 15.8. The number of hydrogen-bond acceptors (Lipinski definition) is 4. The maximum absolute atomic E-state index is 12.5. The highest BCUT2D eigenvalue weighted by atomic mass is 32.1. The summed E-state index contributed by atoms with van der Waals surface area (Å²) < 4.78 is 5.44. The highest BCUT2D eigenvalue weighted by Crippen LogP contribution is 2.32. The lowest BCUT2D eigenvalue weighted by Gasteiger charge is -2.16. The fraction of sp³-hybridized carbons (Fsp3) is 0.429. The number of hydrogen-bond donors (Lipinski definition) is 0. The maximum atomic E-state index is 12.5. The van der Waals surface area contributed by atoms with Gasteiger partial charge in [0.1, 0.15) is 4.88 Å². The van der Waals surface area contributed by atoms with Crippen LogP contribution in [-0.2, 0) is 24.0 Å². The van der Waals surface area contributed by atoms with Crippen LogP contribution >= 0.6 is 11.3 Å². The average Bonchev–Trinajstić information content (AvgIpc) is 3.04. The summed E-state index contributed by atoms with van der Waals surface area (Å²) in [6.45, 7) is 5.95. The lowest BCUT2D eigenvalue weighted by molar-refractivity contribution is 0.0323. The average molecular weight is 356 g/mol. The van der Waals surface area contributed by atoms with Gasteiger partial charge in [-0.25, -0.2) is 4.79 Å². The first-order valence-electron chi connectivity index (χ1n) is 8.93. The molecule has 0 fully saturated rings. The Kier molecular flexibility index (Phi) is 5.38. The fourth-order valence-corrected chi connectivity index (χ4v) is 4.31. The van der Waals surface area contributed by atoms with E-state index in [-0.39, 0.29) is 5.78 Å². The van der Waals surface area contributed by atoms with Crippen molar-refractivity contribution in [2.45, 2.75) is 52.6 Å². The van der Waals surface area contributed by atoms with Crippen LogP contribution in [-0.4, -0.2) is 17.9 Å². The van der Waals surface area contributed by atoms with Crippen molar-refractivity contribution in [3.05, 3.63) is 56.8 Å². The Balaban J connectivity index is 1.66. The molecule has 0 aliphatic heterocycles. The van der Waals surface area contributed by atoms with Gasteiger partial charge in [-0.3, -0.25) is 4.79 Å². The molecule has 3 rings (SSSR count). The van der Waals surface area contributed by atoms with Gasteiger partial charge in [0.25, 0.3) is 0 Å². The summed E-state index contributed by atoms with van der Waals surface area (Å²) in [5.41, 5.74) is 3.03. The van der Waals surface area contributed by atoms with Gasteiger partial charge >= 0.3 is 5.97 Å². The molecule has 1 aromatic carbocycles. The van der Waals surface area contributed by atoms with E-state index in [0.717, 1.165) is 19.3 Å². The second kappa shape index (κ2) is 7.52. The molecular formula is C21H24O3S. The second-order valence-electron chi connectivity index (χ2n) is 6.87. The first kappa shape index (κ1) is 17.9. The van der Waals surface area contributed by atoms with Gasteiger partial charge in [0.2, 0.25) is 5.78 Å². The van der Waals surface area contributed by atoms with Crippen LogP contribution in [0.3, 0.4) is 0 Å². The Morgan fingerprint density at radius 2 is 2.00 bits per heavy atom. The van der Waals surface area contributed by atoms with Gasteiger partial charge in [-0.1, -0.05) is 38.1 Å². The van der Waals surface area contributed by atoms with Crippen LogP contribution in [0.2, 0.25) is 0 Å². The molecule has 1 heterocycles. The topological polar surface area (TPSA) is 43.4 Å². The quantitative estimate of drug-likeness (QED) is 0.567. The summed E-state index contributed by atoms with van der Waals surface area (Å²) in [4.78, 5) is 26.8. The standard InChI is InChI=1S/C21H24O3S/c1-4-15-6-8-16(9-7-15)20(22)14(3)24-21(23)19-12-17-11-13(2)5-10-18(17)25-19/h6-9,12-14H,4-5,10-11H2,1-3H3/t13-,14+/m1/s1. The predicted octanol–water partition coefficient (Wildman–Crippen LogP) is 4.86. The molecular weight excluding hydrogens is 332 g/mol. The zero-order chi connectivity index (χ0) is 18.0. The minimum Gasteiger partial charge on any atom is -0.450 e. The van der Waals surface area contributed by atoms with Crippen molar-refractivity contribution in [3.63, 3.8) is 0 Å². The van der Waals surface area contributed by atoms with Crippen LogP contribution < -0.4 is 0 Å². The molecule has 1 aliphatic carbocycles. The third-order valence-corrected chi connectivity index (χ3v) is 6.05. The van der Waals surface area contributed by atoms with Crippen LogP contribution in [0, 0.1) is 5.92 Å². The molecule has 3 nitrogen and oxygen atoms in total. The minimum absolute atomic E-state index is 0.161. The summed E-state index contributed by atoms with van der Waals surface area (Å²) in [5.74, 6) is 0.113. The van der Waals surface area contributed by atoms with Gasteiger partial charge < -0.3 is 4.74 Å². The highest BCUT2D eigenvalue weighted by Gasteiger charge is 2.24. The number of fused-ring (bicyclic) bond motifs is 1. The number of carbonyl (C=O) groups excluding carboxylic acids is 2. The number of carbonyl (C=O) groups is 2.